The van der Waals surface area contributed by atoms with Crippen molar-refractivity contribution in [3.63, 3.8) is 0 Å². The number of hydrogen-bond acceptors (Lipinski definition) is 2. The number of aliphatic hydroxyl groups is 2. The monoisotopic (exact) mass is 194 g/mol. The minimum Gasteiger partial charge on any atom is -0.396 e. The summed E-state index contributed by atoms with van der Waals surface area (Å²) >= 11 is 0. The molecule has 2 nitrogen and oxygen atoms in total. The minimum atomic E-state index is -0.403. The molecular formula is C12H18O2. The third-order valence-corrected chi connectivity index (χ3v) is 2.54. The van der Waals surface area contributed by atoms with Crippen LogP contribution in [0, 0.1) is 5.92 Å². The molecule has 78 valence electrons. The average Bonchev–Trinajstić information content (AvgIpc) is 2.26. The highest BCUT2D eigenvalue weighted by Crippen LogP contribution is 2.14. The molecule has 0 spiro atoms. The Morgan fingerprint density at radius 2 is 1.86 bits per heavy atom. The van der Waals surface area contributed by atoms with Crippen LogP contribution in [0.5, 0.6) is 0 Å². The second-order valence-electron chi connectivity index (χ2n) is 3.61. The summed E-state index contributed by atoms with van der Waals surface area (Å²) in [5.41, 5.74) is 1.17. The van der Waals surface area contributed by atoms with Gasteiger partial charge in [0, 0.05) is 12.5 Å². The van der Waals surface area contributed by atoms with Gasteiger partial charge in [-0.25, -0.2) is 0 Å². The summed E-state index contributed by atoms with van der Waals surface area (Å²) in [6.45, 7) is 1.97. The van der Waals surface area contributed by atoms with Gasteiger partial charge in [-0.2, -0.15) is 0 Å². The van der Waals surface area contributed by atoms with Crippen molar-refractivity contribution in [2.45, 2.75) is 25.9 Å². The normalized spacial score (nSPS) is 15.1. The van der Waals surface area contributed by atoms with Gasteiger partial charge in [0.25, 0.3) is 0 Å². The summed E-state index contributed by atoms with van der Waals surface area (Å²) in [4.78, 5) is 0. The third-order valence-electron chi connectivity index (χ3n) is 2.54. The molecule has 0 aliphatic carbocycles. The van der Waals surface area contributed by atoms with Crippen LogP contribution in [0.2, 0.25) is 0 Å². The molecule has 0 saturated carbocycles. The maximum Gasteiger partial charge on any atom is 0.0590 e. The van der Waals surface area contributed by atoms with Crippen LogP contribution in [0.15, 0.2) is 30.3 Å². The van der Waals surface area contributed by atoms with Gasteiger partial charge < -0.3 is 10.2 Å². The fourth-order valence-electron chi connectivity index (χ4n) is 1.57. The Morgan fingerprint density at radius 3 is 2.36 bits per heavy atom. The third kappa shape index (κ3) is 3.13. The van der Waals surface area contributed by atoms with Crippen molar-refractivity contribution >= 4 is 0 Å². The second kappa shape index (κ2) is 5.78. The van der Waals surface area contributed by atoms with Crippen LogP contribution in [0.4, 0.5) is 0 Å². The number of rotatable bonds is 5. The SMILES string of the molecule is CC[C@H](O)[C@@H](CO)Cc1ccccc1. The van der Waals surface area contributed by atoms with Crippen molar-refractivity contribution in [1.82, 2.24) is 0 Å². The van der Waals surface area contributed by atoms with Crippen LogP contribution < -0.4 is 0 Å². The molecule has 0 fully saturated rings. The van der Waals surface area contributed by atoms with E-state index in [2.05, 4.69) is 0 Å². The van der Waals surface area contributed by atoms with Crippen molar-refractivity contribution in [1.29, 1.82) is 0 Å². The van der Waals surface area contributed by atoms with Crippen LogP contribution in [-0.4, -0.2) is 22.9 Å². The van der Waals surface area contributed by atoms with Gasteiger partial charge in [-0.3, -0.25) is 0 Å². The lowest BCUT2D eigenvalue weighted by Crippen LogP contribution is -2.25. The van der Waals surface area contributed by atoms with E-state index in [0.29, 0.717) is 6.42 Å². The first kappa shape index (κ1) is 11.2. The predicted molar refractivity (Wildman–Crippen MR) is 57.0 cm³/mol. The Balaban J connectivity index is 2.57. The summed E-state index contributed by atoms with van der Waals surface area (Å²) in [5.74, 6) is -0.0394. The van der Waals surface area contributed by atoms with Crippen molar-refractivity contribution in [2.24, 2.45) is 5.92 Å². The van der Waals surface area contributed by atoms with Gasteiger partial charge in [0.2, 0.25) is 0 Å². The zero-order chi connectivity index (χ0) is 10.4. The maximum absolute atomic E-state index is 9.62. The van der Waals surface area contributed by atoms with Crippen LogP contribution >= 0.6 is 0 Å². The molecule has 2 N–H and O–H groups in total. The largest absolute Gasteiger partial charge is 0.396 e. The molecule has 1 aromatic rings. The van der Waals surface area contributed by atoms with E-state index in [4.69, 9.17) is 5.11 Å². The number of hydrogen-bond donors (Lipinski definition) is 2. The molecule has 2 atom stereocenters. The van der Waals surface area contributed by atoms with Crippen molar-refractivity contribution in [2.75, 3.05) is 6.61 Å². The molecule has 1 rings (SSSR count). The highest BCUT2D eigenvalue weighted by Gasteiger charge is 2.16. The fraction of sp³-hybridized carbons (Fsp3) is 0.500. The lowest BCUT2D eigenvalue weighted by molar-refractivity contribution is 0.0646. The Morgan fingerprint density at radius 1 is 1.21 bits per heavy atom. The smallest absolute Gasteiger partial charge is 0.0590 e. The van der Waals surface area contributed by atoms with Gasteiger partial charge in [-0.15, -0.1) is 0 Å². The highest BCUT2D eigenvalue weighted by atomic mass is 16.3. The van der Waals surface area contributed by atoms with Gasteiger partial charge in [-0.1, -0.05) is 37.3 Å². The van der Waals surface area contributed by atoms with Crippen LogP contribution in [-0.2, 0) is 6.42 Å². The predicted octanol–water partition coefficient (Wildman–Crippen LogP) is 1.61. The average molecular weight is 194 g/mol. The standard InChI is InChI=1S/C12H18O2/c1-2-12(14)11(9-13)8-10-6-4-3-5-7-10/h3-7,11-14H,2,8-9H2,1H3/t11-,12+/m1/s1. The summed E-state index contributed by atoms with van der Waals surface area (Å²) in [6, 6.07) is 9.95. The van der Waals surface area contributed by atoms with E-state index < -0.39 is 6.10 Å². The van der Waals surface area contributed by atoms with E-state index in [0.717, 1.165) is 6.42 Å². The second-order valence-corrected chi connectivity index (χ2v) is 3.61. The molecule has 0 amide bonds. The molecule has 0 aromatic heterocycles. The van der Waals surface area contributed by atoms with E-state index >= 15 is 0 Å². The van der Waals surface area contributed by atoms with Crippen LogP contribution in [0.25, 0.3) is 0 Å². The molecule has 2 heteroatoms. The lowest BCUT2D eigenvalue weighted by Gasteiger charge is -2.19. The molecule has 0 aliphatic heterocycles. The quantitative estimate of drug-likeness (QED) is 0.747. The Hall–Kier alpha value is -0.860. The number of benzene rings is 1. The summed E-state index contributed by atoms with van der Waals surface area (Å²) < 4.78 is 0. The topological polar surface area (TPSA) is 40.5 Å². The Kier molecular flexibility index (Phi) is 4.63. The van der Waals surface area contributed by atoms with Gasteiger partial charge in [0.1, 0.15) is 0 Å². The fourth-order valence-corrected chi connectivity index (χ4v) is 1.57. The molecule has 0 unspecified atom stereocenters. The molecule has 0 saturated heterocycles. The van der Waals surface area contributed by atoms with Gasteiger partial charge in [0.05, 0.1) is 6.10 Å². The van der Waals surface area contributed by atoms with Crippen LogP contribution in [0.3, 0.4) is 0 Å². The summed E-state index contributed by atoms with van der Waals surface area (Å²) in [7, 11) is 0. The van der Waals surface area contributed by atoms with Crippen LogP contribution in [0.1, 0.15) is 18.9 Å². The molecule has 1 aromatic carbocycles. The molecule has 0 aliphatic rings. The van der Waals surface area contributed by atoms with Crippen molar-refractivity contribution in [3.8, 4) is 0 Å². The first-order chi connectivity index (χ1) is 6.77. The molecule has 14 heavy (non-hydrogen) atoms. The highest BCUT2D eigenvalue weighted by molar-refractivity contribution is 5.15. The lowest BCUT2D eigenvalue weighted by atomic mass is 9.93. The van der Waals surface area contributed by atoms with E-state index in [1.165, 1.54) is 5.56 Å². The van der Waals surface area contributed by atoms with E-state index in [1.807, 2.05) is 37.3 Å². The molecule has 0 bridgehead atoms. The van der Waals surface area contributed by atoms with Crippen molar-refractivity contribution < 1.29 is 10.2 Å². The zero-order valence-corrected chi connectivity index (χ0v) is 8.56. The van der Waals surface area contributed by atoms with Crippen molar-refractivity contribution in [3.05, 3.63) is 35.9 Å². The van der Waals surface area contributed by atoms with E-state index in [9.17, 15) is 5.11 Å². The van der Waals surface area contributed by atoms with E-state index in [-0.39, 0.29) is 12.5 Å². The summed E-state index contributed by atoms with van der Waals surface area (Å²) in [5, 5.41) is 18.7. The maximum atomic E-state index is 9.62. The molecule has 0 radical (unpaired) electrons. The first-order valence-electron chi connectivity index (χ1n) is 5.10. The van der Waals surface area contributed by atoms with Gasteiger partial charge in [0.15, 0.2) is 0 Å². The van der Waals surface area contributed by atoms with Gasteiger partial charge >= 0.3 is 0 Å². The van der Waals surface area contributed by atoms with E-state index in [1.54, 1.807) is 0 Å². The first-order valence-corrected chi connectivity index (χ1v) is 5.10. The van der Waals surface area contributed by atoms with Gasteiger partial charge in [-0.05, 0) is 18.4 Å². The molecule has 0 heterocycles. The Bertz CT molecular complexity index is 246. The minimum absolute atomic E-state index is 0.0394. The Labute approximate surface area is 85.2 Å². The summed E-state index contributed by atoms with van der Waals surface area (Å²) in [6.07, 6.45) is 1.03. The molecular weight excluding hydrogens is 176 g/mol. The number of aliphatic hydroxyl groups excluding tert-OH is 2. The zero-order valence-electron chi connectivity index (χ0n) is 8.56.